The molecule has 2 aromatic rings. The van der Waals surface area contributed by atoms with Gasteiger partial charge < -0.3 is 0 Å². The zero-order chi connectivity index (χ0) is 10.8. The van der Waals surface area contributed by atoms with Crippen LogP contribution < -0.4 is 0 Å². The number of hydrogen-bond donors (Lipinski definition) is 1. The maximum atomic E-state index is 5.90. The van der Waals surface area contributed by atoms with Crippen molar-refractivity contribution in [1.82, 2.24) is 10.2 Å². The van der Waals surface area contributed by atoms with Crippen molar-refractivity contribution in [2.75, 3.05) is 0 Å². The van der Waals surface area contributed by atoms with Crippen molar-refractivity contribution in [2.45, 2.75) is 0 Å². The van der Waals surface area contributed by atoms with Crippen LogP contribution >= 0.6 is 35.4 Å². The maximum Gasteiger partial charge on any atom is 0.119 e. The van der Waals surface area contributed by atoms with E-state index in [-0.39, 0.29) is 0 Å². The van der Waals surface area contributed by atoms with Gasteiger partial charge in [-0.1, -0.05) is 41.5 Å². The topological polar surface area (TPSA) is 28.7 Å². The number of hydrogen-bond acceptors (Lipinski definition) is 2. The second-order valence-electron chi connectivity index (χ2n) is 2.94. The summed E-state index contributed by atoms with van der Waals surface area (Å²) >= 11 is 16.6. The number of aromatic nitrogens is 2. The van der Waals surface area contributed by atoms with Crippen LogP contribution in [-0.2, 0) is 0 Å². The van der Waals surface area contributed by atoms with E-state index in [0.29, 0.717) is 14.7 Å². The molecule has 1 aromatic carbocycles. The van der Waals surface area contributed by atoms with Crippen LogP contribution in [0.4, 0.5) is 0 Å². The largest absolute Gasteiger partial charge is 0.267 e. The van der Waals surface area contributed by atoms with E-state index < -0.39 is 0 Å². The molecule has 0 saturated heterocycles. The molecule has 1 heterocycles. The minimum Gasteiger partial charge on any atom is -0.267 e. The average Bonchev–Trinajstić information content (AvgIpc) is 2.23. The van der Waals surface area contributed by atoms with Crippen LogP contribution in [0.25, 0.3) is 11.3 Å². The molecular weight excluding hydrogens is 251 g/mol. The molecule has 0 bridgehead atoms. The molecule has 0 saturated carbocycles. The molecule has 0 fully saturated rings. The van der Waals surface area contributed by atoms with Gasteiger partial charge in [-0.3, -0.25) is 5.10 Å². The summed E-state index contributed by atoms with van der Waals surface area (Å²) in [4.78, 5) is 0. The number of rotatable bonds is 1. The quantitative estimate of drug-likeness (QED) is 0.778. The first kappa shape index (κ1) is 10.6. The Morgan fingerprint density at radius 3 is 2.47 bits per heavy atom. The van der Waals surface area contributed by atoms with Crippen LogP contribution in [0.2, 0.25) is 10.0 Å². The molecule has 0 aliphatic carbocycles. The minimum atomic E-state index is 0.512. The van der Waals surface area contributed by atoms with Crippen molar-refractivity contribution >= 4 is 35.4 Å². The van der Waals surface area contributed by atoms with E-state index >= 15 is 0 Å². The van der Waals surface area contributed by atoms with Crippen molar-refractivity contribution in [2.24, 2.45) is 0 Å². The van der Waals surface area contributed by atoms with Crippen LogP contribution in [-0.4, -0.2) is 10.2 Å². The summed E-state index contributed by atoms with van der Waals surface area (Å²) in [5.74, 6) is 0. The standard InChI is InChI=1S/C10H6Cl2N2S/c11-7-2-1-6(5-8(7)12)9-3-4-10(15)14-13-9/h1-5H,(H,14,15). The first-order chi connectivity index (χ1) is 7.16. The van der Waals surface area contributed by atoms with Gasteiger partial charge in [0.25, 0.3) is 0 Å². The molecule has 0 amide bonds. The molecule has 0 radical (unpaired) electrons. The Hall–Kier alpha value is -0.900. The second kappa shape index (κ2) is 4.31. The molecular formula is C10H6Cl2N2S. The van der Waals surface area contributed by atoms with Gasteiger partial charge in [0, 0.05) is 5.56 Å². The predicted molar refractivity (Wildman–Crippen MR) is 64.9 cm³/mol. The van der Waals surface area contributed by atoms with Crippen molar-refractivity contribution in [3.05, 3.63) is 45.0 Å². The zero-order valence-electron chi connectivity index (χ0n) is 7.50. The molecule has 2 rings (SSSR count). The van der Waals surface area contributed by atoms with Gasteiger partial charge in [0.05, 0.1) is 15.7 Å². The Morgan fingerprint density at radius 1 is 1.07 bits per heavy atom. The molecule has 1 N–H and O–H groups in total. The summed E-state index contributed by atoms with van der Waals surface area (Å²) in [7, 11) is 0. The number of nitrogens with one attached hydrogen (secondary N) is 1. The summed E-state index contributed by atoms with van der Waals surface area (Å²) in [6.07, 6.45) is 0. The van der Waals surface area contributed by atoms with E-state index in [1.54, 1.807) is 18.2 Å². The molecule has 76 valence electrons. The summed E-state index contributed by atoms with van der Waals surface area (Å²) in [6.45, 7) is 0. The summed E-state index contributed by atoms with van der Waals surface area (Å²) in [5, 5.41) is 7.85. The lowest BCUT2D eigenvalue weighted by Gasteiger charge is -2.01. The number of nitrogens with zero attached hydrogens (tertiary/aromatic N) is 1. The molecule has 2 nitrogen and oxygen atoms in total. The number of benzene rings is 1. The molecule has 15 heavy (non-hydrogen) atoms. The fourth-order valence-corrected chi connectivity index (χ4v) is 1.57. The maximum absolute atomic E-state index is 5.90. The Balaban J connectivity index is 2.50. The molecule has 1 aromatic heterocycles. The highest BCUT2D eigenvalue weighted by atomic mass is 35.5. The fraction of sp³-hybridized carbons (Fsp3) is 0. The smallest absolute Gasteiger partial charge is 0.119 e. The van der Waals surface area contributed by atoms with Gasteiger partial charge in [-0.05, 0) is 24.3 Å². The van der Waals surface area contributed by atoms with Crippen LogP contribution in [0.1, 0.15) is 0 Å². The highest BCUT2D eigenvalue weighted by molar-refractivity contribution is 7.71. The van der Waals surface area contributed by atoms with Crippen molar-refractivity contribution < 1.29 is 0 Å². The monoisotopic (exact) mass is 256 g/mol. The summed E-state index contributed by atoms with van der Waals surface area (Å²) < 4.78 is 0.596. The fourth-order valence-electron chi connectivity index (χ4n) is 1.16. The molecule has 0 atom stereocenters. The van der Waals surface area contributed by atoms with Crippen LogP contribution in [0.15, 0.2) is 30.3 Å². The first-order valence-corrected chi connectivity index (χ1v) is 5.34. The second-order valence-corrected chi connectivity index (χ2v) is 4.19. The Labute approximate surface area is 102 Å². The van der Waals surface area contributed by atoms with E-state index in [1.165, 1.54) is 0 Å². The first-order valence-electron chi connectivity index (χ1n) is 4.18. The van der Waals surface area contributed by atoms with Gasteiger partial charge >= 0.3 is 0 Å². The molecule has 0 spiro atoms. The summed E-state index contributed by atoms with van der Waals surface area (Å²) in [6, 6.07) is 8.97. The average molecular weight is 257 g/mol. The molecule has 0 aliphatic heterocycles. The van der Waals surface area contributed by atoms with Crippen molar-refractivity contribution in [3.8, 4) is 11.3 Å². The third kappa shape index (κ3) is 2.37. The van der Waals surface area contributed by atoms with Gasteiger partial charge in [-0.15, -0.1) is 0 Å². The Bertz CT molecular complexity index is 531. The zero-order valence-corrected chi connectivity index (χ0v) is 9.83. The third-order valence-corrected chi connectivity index (χ3v) is 2.86. The number of aromatic amines is 1. The van der Waals surface area contributed by atoms with E-state index in [9.17, 15) is 0 Å². The van der Waals surface area contributed by atoms with Gasteiger partial charge in [-0.25, -0.2) is 0 Å². The van der Waals surface area contributed by atoms with E-state index in [2.05, 4.69) is 10.2 Å². The lowest BCUT2D eigenvalue weighted by molar-refractivity contribution is 1.02. The van der Waals surface area contributed by atoms with Crippen LogP contribution in [0.5, 0.6) is 0 Å². The normalized spacial score (nSPS) is 10.3. The van der Waals surface area contributed by atoms with Gasteiger partial charge in [0.1, 0.15) is 4.64 Å². The van der Waals surface area contributed by atoms with Gasteiger partial charge in [0.2, 0.25) is 0 Å². The van der Waals surface area contributed by atoms with E-state index in [0.717, 1.165) is 11.3 Å². The third-order valence-electron chi connectivity index (χ3n) is 1.89. The molecule has 0 unspecified atom stereocenters. The number of H-pyrrole nitrogens is 1. The van der Waals surface area contributed by atoms with Crippen molar-refractivity contribution in [1.29, 1.82) is 0 Å². The van der Waals surface area contributed by atoms with Crippen LogP contribution in [0, 0.1) is 4.64 Å². The number of halogens is 2. The molecule has 0 aliphatic rings. The molecule has 5 heteroatoms. The van der Waals surface area contributed by atoms with E-state index in [1.807, 2.05) is 12.1 Å². The van der Waals surface area contributed by atoms with Crippen molar-refractivity contribution in [3.63, 3.8) is 0 Å². The summed E-state index contributed by atoms with van der Waals surface area (Å²) in [5.41, 5.74) is 1.68. The Morgan fingerprint density at radius 2 is 1.87 bits per heavy atom. The highest BCUT2D eigenvalue weighted by Gasteiger charge is 2.02. The van der Waals surface area contributed by atoms with Gasteiger partial charge in [-0.2, -0.15) is 5.10 Å². The Kier molecular flexibility index (Phi) is 3.05. The van der Waals surface area contributed by atoms with E-state index in [4.69, 9.17) is 35.4 Å². The lowest BCUT2D eigenvalue weighted by atomic mass is 10.1. The minimum absolute atomic E-state index is 0.512. The lowest BCUT2D eigenvalue weighted by Crippen LogP contribution is -1.86. The van der Waals surface area contributed by atoms with Crippen LogP contribution in [0.3, 0.4) is 0 Å². The van der Waals surface area contributed by atoms with Gasteiger partial charge in [0.15, 0.2) is 0 Å². The SMILES string of the molecule is S=c1ccc(-c2ccc(Cl)c(Cl)c2)n[nH]1. The highest BCUT2D eigenvalue weighted by Crippen LogP contribution is 2.26. The predicted octanol–water partition coefficient (Wildman–Crippen LogP) is 4.11.